The molecule has 0 aliphatic heterocycles. The number of thioether (sulfide) groups is 1. The maximum absolute atomic E-state index is 13.0. The lowest BCUT2D eigenvalue weighted by Crippen LogP contribution is -2.43. The third kappa shape index (κ3) is 5.36. The molecular formula is C25H25NO5S. The van der Waals surface area contributed by atoms with Crippen LogP contribution in [0.15, 0.2) is 84.9 Å². The highest BCUT2D eigenvalue weighted by Gasteiger charge is 2.42. The van der Waals surface area contributed by atoms with E-state index in [1.54, 1.807) is 11.8 Å². The summed E-state index contributed by atoms with van der Waals surface area (Å²) in [7, 11) is 0. The summed E-state index contributed by atoms with van der Waals surface area (Å²) in [5, 5.41) is 23.0. The van der Waals surface area contributed by atoms with Crippen molar-refractivity contribution in [2.45, 2.75) is 24.5 Å². The second-order valence-corrected chi connectivity index (χ2v) is 8.32. The molecule has 0 aliphatic rings. The van der Waals surface area contributed by atoms with Crippen LogP contribution in [-0.4, -0.2) is 34.1 Å². The first-order valence-electron chi connectivity index (χ1n) is 10.2. The average Bonchev–Trinajstić information content (AvgIpc) is 2.84. The van der Waals surface area contributed by atoms with Crippen molar-refractivity contribution in [1.29, 1.82) is 0 Å². The van der Waals surface area contributed by atoms with Crippen molar-refractivity contribution >= 4 is 23.4 Å². The molecule has 0 aromatic heterocycles. The highest BCUT2D eigenvalue weighted by atomic mass is 32.2. The van der Waals surface area contributed by atoms with Crippen molar-refractivity contribution in [3.05, 3.63) is 112 Å². The normalized spacial score (nSPS) is 12.2. The highest BCUT2D eigenvalue weighted by Crippen LogP contribution is 2.37. The van der Waals surface area contributed by atoms with Crippen LogP contribution in [0.25, 0.3) is 0 Å². The van der Waals surface area contributed by atoms with Crippen LogP contribution in [0, 0.1) is 10.1 Å². The maximum Gasteiger partial charge on any atom is 0.338 e. The van der Waals surface area contributed by atoms with E-state index < -0.39 is 22.6 Å². The fraction of sp³-hybridized carbons (Fsp3) is 0.240. The largest absolute Gasteiger partial charge is 0.455 e. The Morgan fingerprint density at radius 2 is 1.53 bits per heavy atom. The second-order valence-electron chi connectivity index (χ2n) is 7.33. The Morgan fingerprint density at radius 1 is 1.00 bits per heavy atom. The molecule has 0 saturated carbocycles. The molecule has 1 unspecified atom stereocenters. The lowest BCUT2D eigenvalue weighted by molar-refractivity contribution is -0.384. The molecule has 0 spiro atoms. The topological polar surface area (TPSA) is 89.7 Å². The smallest absolute Gasteiger partial charge is 0.338 e. The van der Waals surface area contributed by atoms with Crippen LogP contribution < -0.4 is 0 Å². The van der Waals surface area contributed by atoms with E-state index in [1.807, 2.05) is 66.9 Å². The number of nitro groups is 1. The van der Waals surface area contributed by atoms with Crippen LogP contribution in [0.5, 0.6) is 0 Å². The Labute approximate surface area is 191 Å². The molecule has 0 heterocycles. The number of hydrogen-bond donors (Lipinski definition) is 1. The second kappa shape index (κ2) is 10.9. The predicted molar refractivity (Wildman–Crippen MR) is 126 cm³/mol. The zero-order chi connectivity index (χ0) is 23.0. The van der Waals surface area contributed by atoms with E-state index in [4.69, 9.17) is 4.74 Å². The van der Waals surface area contributed by atoms with Gasteiger partial charge in [-0.2, -0.15) is 11.8 Å². The first-order valence-corrected chi connectivity index (χ1v) is 11.6. The molecule has 0 radical (unpaired) electrons. The van der Waals surface area contributed by atoms with Crippen LogP contribution in [0.2, 0.25) is 0 Å². The lowest BCUT2D eigenvalue weighted by atomic mass is 9.80. The minimum atomic E-state index is -1.56. The predicted octanol–water partition coefficient (Wildman–Crippen LogP) is 5.20. The van der Waals surface area contributed by atoms with Gasteiger partial charge >= 0.3 is 5.97 Å². The number of non-ortho nitro benzene ring substituents is 1. The fourth-order valence-electron chi connectivity index (χ4n) is 3.61. The van der Waals surface area contributed by atoms with Crippen LogP contribution in [-0.2, 0) is 10.3 Å². The van der Waals surface area contributed by atoms with Crippen molar-refractivity contribution in [3.63, 3.8) is 0 Å². The van der Waals surface area contributed by atoms with Crippen LogP contribution in [0.3, 0.4) is 0 Å². The van der Waals surface area contributed by atoms with Crippen molar-refractivity contribution in [2.75, 3.05) is 12.0 Å². The van der Waals surface area contributed by atoms with Gasteiger partial charge in [0.15, 0.2) is 5.60 Å². The monoisotopic (exact) mass is 451 g/mol. The summed E-state index contributed by atoms with van der Waals surface area (Å²) in [5.41, 5.74) is -0.233. The third-order valence-corrected chi connectivity index (χ3v) is 5.97. The molecule has 3 rings (SSSR count). The van der Waals surface area contributed by atoms with E-state index in [2.05, 4.69) is 0 Å². The van der Waals surface area contributed by atoms with Gasteiger partial charge in [-0.3, -0.25) is 10.1 Å². The van der Waals surface area contributed by atoms with Gasteiger partial charge in [0.05, 0.1) is 10.5 Å². The summed E-state index contributed by atoms with van der Waals surface area (Å²) in [5.74, 6) is 0.213. The van der Waals surface area contributed by atoms with Gasteiger partial charge in [0.1, 0.15) is 6.10 Å². The SMILES string of the molecule is CSCCCC(OC(=O)c1ccc([N+](=O)[O-])cc1)C(O)(c1ccccc1)c1ccccc1. The van der Waals surface area contributed by atoms with Gasteiger partial charge in [0.25, 0.3) is 5.69 Å². The lowest BCUT2D eigenvalue weighted by Gasteiger charge is -2.37. The molecule has 6 nitrogen and oxygen atoms in total. The third-order valence-electron chi connectivity index (χ3n) is 5.27. The molecule has 0 fully saturated rings. The van der Waals surface area contributed by atoms with Gasteiger partial charge < -0.3 is 9.84 Å². The number of esters is 1. The van der Waals surface area contributed by atoms with Crippen molar-refractivity contribution in [3.8, 4) is 0 Å². The van der Waals surface area contributed by atoms with Crippen LogP contribution >= 0.6 is 11.8 Å². The van der Waals surface area contributed by atoms with Gasteiger partial charge in [0, 0.05) is 12.1 Å². The first-order chi connectivity index (χ1) is 15.5. The molecule has 0 saturated heterocycles. The molecule has 32 heavy (non-hydrogen) atoms. The van der Waals surface area contributed by atoms with Gasteiger partial charge in [-0.15, -0.1) is 0 Å². The zero-order valence-electron chi connectivity index (χ0n) is 17.7. The van der Waals surface area contributed by atoms with E-state index in [-0.39, 0.29) is 11.3 Å². The number of carbonyl (C=O) groups is 1. The molecule has 0 amide bonds. The molecule has 0 aliphatic carbocycles. The Kier molecular flexibility index (Phi) is 8.03. The number of benzene rings is 3. The fourth-order valence-corrected chi connectivity index (χ4v) is 4.06. The molecule has 166 valence electrons. The van der Waals surface area contributed by atoms with Crippen molar-refractivity contribution in [1.82, 2.24) is 0 Å². The molecule has 3 aromatic rings. The Hall–Kier alpha value is -3.16. The van der Waals surface area contributed by atoms with Crippen molar-refractivity contribution in [2.24, 2.45) is 0 Å². The van der Waals surface area contributed by atoms with Gasteiger partial charge in [-0.25, -0.2) is 4.79 Å². The average molecular weight is 452 g/mol. The molecular weight excluding hydrogens is 426 g/mol. The zero-order valence-corrected chi connectivity index (χ0v) is 18.5. The van der Waals surface area contributed by atoms with Crippen LogP contribution in [0.4, 0.5) is 5.69 Å². The minimum absolute atomic E-state index is 0.108. The quantitative estimate of drug-likeness (QED) is 0.197. The van der Waals surface area contributed by atoms with Gasteiger partial charge in [-0.05, 0) is 48.1 Å². The first kappa shape index (κ1) is 23.5. The summed E-state index contributed by atoms with van der Waals surface area (Å²) in [6.07, 6.45) is 2.32. The van der Waals surface area contributed by atoms with E-state index >= 15 is 0 Å². The number of carbonyl (C=O) groups excluding carboxylic acids is 1. The van der Waals surface area contributed by atoms with E-state index in [9.17, 15) is 20.0 Å². The Morgan fingerprint density at radius 3 is 2.00 bits per heavy atom. The summed E-state index contributed by atoms with van der Waals surface area (Å²) in [6.45, 7) is 0. The molecule has 1 N–H and O–H groups in total. The maximum atomic E-state index is 13.0. The van der Waals surface area contributed by atoms with Gasteiger partial charge in [-0.1, -0.05) is 60.7 Å². The Balaban J connectivity index is 1.99. The summed E-state index contributed by atoms with van der Waals surface area (Å²) in [6, 6.07) is 23.6. The molecule has 3 aromatic carbocycles. The minimum Gasteiger partial charge on any atom is -0.455 e. The molecule has 7 heteroatoms. The number of nitrogens with zero attached hydrogens (tertiary/aromatic N) is 1. The summed E-state index contributed by atoms with van der Waals surface area (Å²) >= 11 is 1.68. The van der Waals surface area contributed by atoms with Crippen LogP contribution in [0.1, 0.15) is 34.3 Å². The summed E-state index contributed by atoms with van der Waals surface area (Å²) < 4.78 is 5.89. The number of nitro benzene ring substituents is 1. The number of aliphatic hydroxyl groups is 1. The number of rotatable bonds is 10. The number of hydrogen-bond acceptors (Lipinski definition) is 6. The number of ether oxygens (including phenoxy) is 1. The standard InChI is InChI=1S/C25H25NO5S/c1-32-18-8-13-23(31-24(27)19-14-16-22(17-15-19)26(29)30)25(28,20-9-4-2-5-10-20)21-11-6-3-7-12-21/h2-7,9-12,14-17,23,28H,8,13,18H2,1H3. The molecule has 1 atom stereocenters. The summed E-state index contributed by atoms with van der Waals surface area (Å²) in [4.78, 5) is 23.4. The highest BCUT2D eigenvalue weighted by molar-refractivity contribution is 7.98. The van der Waals surface area contributed by atoms with Crippen molar-refractivity contribution < 1.29 is 19.6 Å². The van der Waals surface area contributed by atoms with Gasteiger partial charge in [0.2, 0.25) is 0 Å². The Bertz CT molecular complexity index is 986. The van der Waals surface area contributed by atoms with E-state index in [0.29, 0.717) is 17.5 Å². The molecule has 0 bridgehead atoms. The van der Waals surface area contributed by atoms with E-state index in [0.717, 1.165) is 12.2 Å². The van der Waals surface area contributed by atoms with E-state index in [1.165, 1.54) is 24.3 Å².